The van der Waals surface area contributed by atoms with Crippen molar-refractivity contribution < 1.29 is 9.53 Å². The van der Waals surface area contributed by atoms with Crippen LogP contribution in [0.25, 0.3) is 0 Å². The van der Waals surface area contributed by atoms with Gasteiger partial charge in [-0.2, -0.15) is 0 Å². The standard InChI is InChI=1S/C16H24N2O2/c1-16(2,3)20-14-6-4-13(5-7-14)18-15(19)12-8-10-17-11-9-12/h4-7,12,17H,8-11H2,1-3H3,(H,18,19). The van der Waals surface area contributed by atoms with E-state index in [9.17, 15) is 4.79 Å². The van der Waals surface area contributed by atoms with E-state index in [0.717, 1.165) is 37.4 Å². The third-order valence-corrected chi connectivity index (χ3v) is 3.26. The molecule has 1 heterocycles. The molecule has 0 unspecified atom stereocenters. The highest BCUT2D eigenvalue weighted by atomic mass is 16.5. The molecule has 1 aromatic rings. The van der Waals surface area contributed by atoms with Crippen molar-refractivity contribution in [2.75, 3.05) is 18.4 Å². The smallest absolute Gasteiger partial charge is 0.227 e. The summed E-state index contributed by atoms with van der Waals surface area (Å²) in [6.07, 6.45) is 1.83. The van der Waals surface area contributed by atoms with Crippen LogP contribution in [0.1, 0.15) is 33.6 Å². The highest BCUT2D eigenvalue weighted by molar-refractivity contribution is 5.92. The molecule has 20 heavy (non-hydrogen) atoms. The van der Waals surface area contributed by atoms with Gasteiger partial charge in [0.25, 0.3) is 0 Å². The zero-order valence-corrected chi connectivity index (χ0v) is 12.5. The number of anilines is 1. The summed E-state index contributed by atoms with van der Waals surface area (Å²) in [5.41, 5.74) is 0.620. The number of piperidine rings is 1. The lowest BCUT2D eigenvalue weighted by Crippen LogP contribution is -2.34. The molecule has 110 valence electrons. The van der Waals surface area contributed by atoms with Gasteiger partial charge in [0.1, 0.15) is 11.4 Å². The maximum absolute atomic E-state index is 12.1. The zero-order valence-electron chi connectivity index (χ0n) is 12.5. The molecule has 1 fully saturated rings. The molecule has 0 saturated carbocycles. The number of hydrogen-bond donors (Lipinski definition) is 2. The van der Waals surface area contributed by atoms with Gasteiger partial charge in [-0.1, -0.05) is 0 Å². The molecule has 2 N–H and O–H groups in total. The van der Waals surface area contributed by atoms with Crippen molar-refractivity contribution in [1.29, 1.82) is 0 Å². The third kappa shape index (κ3) is 4.53. The molecule has 0 aromatic heterocycles. The van der Waals surface area contributed by atoms with Gasteiger partial charge >= 0.3 is 0 Å². The molecule has 1 saturated heterocycles. The van der Waals surface area contributed by atoms with E-state index in [0.29, 0.717) is 0 Å². The first kappa shape index (κ1) is 14.9. The highest BCUT2D eigenvalue weighted by Crippen LogP contribution is 2.21. The zero-order chi connectivity index (χ0) is 14.6. The monoisotopic (exact) mass is 276 g/mol. The summed E-state index contributed by atoms with van der Waals surface area (Å²) >= 11 is 0. The van der Waals surface area contributed by atoms with E-state index in [-0.39, 0.29) is 17.4 Å². The van der Waals surface area contributed by atoms with E-state index in [1.165, 1.54) is 0 Å². The summed E-state index contributed by atoms with van der Waals surface area (Å²) < 4.78 is 5.76. The van der Waals surface area contributed by atoms with Crippen molar-refractivity contribution >= 4 is 11.6 Å². The Kier molecular flexibility index (Phi) is 4.65. The normalized spacial score (nSPS) is 16.8. The van der Waals surface area contributed by atoms with Crippen LogP contribution in [0.4, 0.5) is 5.69 Å². The van der Waals surface area contributed by atoms with E-state index in [2.05, 4.69) is 10.6 Å². The fraction of sp³-hybridized carbons (Fsp3) is 0.562. The molecular weight excluding hydrogens is 252 g/mol. The summed E-state index contributed by atoms with van der Waals surface area (Å²) in [7, 11) is 0. The van der Waals surface area contributed by atoms with Crippen LogP contribution < -0.4 is 15.4 Å². The van der Waals surface area contributed by atoms with Crippen LogP contribution >= 0.6 is 0 Å². The number of carbonyl (C=O) groups excluding carboxylic acids is 1. The molecular formula is C16H24N2O2. The lowest BCUT2D eigenvalue weighted by atomic mass is 9.97. The van der Waals surface area contributed by atoms with Crippen molar-refractivity contribution in [3.05, 3.63) is 24.3 Å². The summed E-state index contributed by atoms with van der Waals surface area (Å²) in [6, 6.07) is 7.56. The van der Waals surface area contributed by atoms with Gasteiger partial charge in [-0.25, -0.2) is 0 Å². The van der Waals surface area contributed by atoms with Crippen LogP contribution in [0, 0.1) is 5.92 Å². The first-order valence-electron chi connectivity index (χ1n) is 7.25. The van der Waals surface area contributed by atoms with Gasteiger partial charge in [0.05, 0.1) is 0 Å². The molecule has 4 heteroatoms. The van der Waals surface area contributed by atoms with Gasteiger partial charge in [0, 0.05) is 11.6 Å². The van der Waals surface area contributed by atoms with Crippen molar-refractivity contribution in [2.24, 2.45) is 5.92 Å². The fourth-order valence-corrected chi connectivity index (χ4v) is 2.29. The van der Waals surface area contributed by atoms with E-state index < -0.39 is 0 Å². The van der Waals surface area contributed by atoms with E-state index in [4.69, 9.17) is 4.74 Å². The van der Waals surface area contributed by atoms with Crippen LogP contribution in [-0.2, 0) is 4.79 Å². The molecule has 4 nitrogen and oxygen atoms in total. The number of benzene rings is 1. The predicted molar refractivity (Wildman–Crippen MR) is 81.0 cm³/mol. The quantitative estimate of drug-likeness (QED) is 0.892. The van der Waals surface area contributed by atoms with E-state index >= 15 is 0 Å². The minimum absolute atomic E-state index is 0.121. The fourth-order valence-electron chi connectivity index (χ4n) is 2.29. The Morgan fingerprint density at radius 2 is 1.80 bits per heavy atom. The Labute approximate surface area is 120 Å². The second-order valence-electron chi connectivity index (χ2n) is 6.25. The first-order valence-corrected chi connectivity index (χ1v) is 7.25. The minimum atomic E-state index is -0.208. The topological polar surface area (TPSA) is 50.4 Å². The van der Waals surface area contributed by atoms with E-state index in [1.807, 2.05) is 45.0 Å². The van der Waals surface area contributed by atoms with Gasteiger partial charge in [0.15, 0.2) is 0 Å². The van der Waals surface area contributed by atoms with E-state index in [1.54, 1.807) is 0 Å². The second-order valence-corrected chi connectivity index (χ2v) is 6.25. The third-order valence-electron chi connectivity index (χ3n) is 3.26. The Bertz CT molecular complexity index is 443. The molecule has 0 radical (unpaired) electrons. The van der Waals surface area contributed by atoms with Crippen molar-refractivity contribution in [3.8, 4) is 5.75 Å². The van der Waals surface area contributed by atoms with Gasteiger partial charge in [-0.15, -0.1) is 0 Å². The average molecular weight is 276 g/mol. The lowest BCUT2D eigenvalue weighted by Gasteiger charge is -2.22. The van der Waals surface area contributed by atoms with Crippen LogP contribution in [0.15, 0.2) is 24.3 Å². The van der Waals surface area contributed by atoms with Gasteiger partial charge in [-0.3, -0.25) is 4.79 Å². The Hall–Kier alpha value is -1.55. The molecule has 0 atom stereocenters. The Morgan fingerprint density at radius 3 is 2.35 bits per heavy atom. The van der Waals surface area contributed by atoms with Crippen molar-refractivity contribution in [1.82, 2.24) is 5.32 Å². The molecule has 1 aromatic carbocycles. The highest BCUT2D eigenvalue weighted by Gasteiger charge is 2.20. The number of nitrogens with one attached hydrogen (secondary N) is 2. The molecule has 2 rings (SSSR count). The predicted octanol–water partition coefficient (Wildman–Crippen LogP) is 2.80. The summed E-state index contributed by atoms with van der Waals surface area (Å²) in [5, 5.41) is 6.25. The second kappa shape index (κ2) is 6.27. The Morgan fingerprint density at radius 1 is 1.20 bits per heavy atom. The largest absolute Gasteiger partial charge is 0.488 e. The summed E-state index contributed by atoms with van der Waals surface area (Å²) in [5.74, 6) is 1.06. The van der Waals surface area contributed by atoms with Crippen LogP contribution in [-0.4, -0.2) is 24.6 Å². The van der Waals surface area contributed by atoms with Gasteiger partial charge in [-0.05, 0) is 71.0 Å². The van der Waals surface area contributed by atoms with Crippen LogP contribution in [0.5, 0.6) is 5.75 Å². The maximum atomic E-state index is 12.1. The lowest BCUT2D eigenvalue weighted by molar-refractivity contribution is -0.120. The van der Waals surface area contributed by atoms with Crippen molar-refractivity contribution in [3.63, 3.8) is 0 Å². The number of ether oxygens (including phenoxy) is 1. The number of amides is 1. The van der Waals surface area contributed by atoms with Crippen LogP contribution in [0.2, 0.25) is 0 Å². The average Bonchev–Trinajstić information content (AvgIpc) is 2.40. The first-order chi connectivity index (χ1) is 9.44. The SMILES string of the molecule is CC(C)(C)Oc1ccc(NC(=O)C2CCNCC2)cc1. The molecule has 1 aliphatic rings. The number of carbonyl (C=O) groups is 1. The number of rotatable bonds is 3. The molecule has 1 amide bonds. The van der Waals surface area contributed by atoms with Crippen molar-refractivity contribution in [2.45, 2.75) is 39.2 Å². The summed E-state index contributed by atoms with van der Waals surface area (Å²) in [4.78, 5) is 12.1. The summed E-state index contributed by atoms with van der Waals surface area (Å²) in [6.45, 7) is 7.90. The maximum Gasteiger partial charge on any atom is 0.227 e. The number of hydrogen-bond acceptors (Lipinski definition) is 3. The van der Waals surface area contributed by atoms with Gasteiger partial charge in [0.2, 0.25) is 5.91 Å². The van der Waals surface area contributed by atoms with Gasteiger partial charge < -0.3 is 15.4 Å². The van der Waals surface area contributed by atoms with Crippen LogP contribution in [0.3, 0.4) is 0 Å². The molecule has 1 aliphatic heterocycles. The Balaban J connectivity index is 1.91. The molecule has 0 aliphatic carbocycles. The minimum Gasteiger partial charge on any atom is -0.488 e. The molecule has 0 spiro atoms. The molecule has 0 bridgehead atoms.